The molecule has 0 unspecified atom stereocenters. The number of piperidine rings is 1. The van der Waals surface area contributed by atoms with E-state index in [4.69, 9.17) is 0 Å². The molecule has 22 heavy (non-hydrogen) atoms. The van der Waals surface area contributed by atoms with Crippen molar-refractivity contribution in [1.29, 1.82) is 0 Å². The molecule has 5 nitrogen and oxygen atoms in total. The Morgan fingerprint density at radius 1 is 1.32 bits per heavy atom. The SMILES string of the molecule is CCCNC(=O)C1CCN(S(=O)(=O)c2ccc(CC)s2)CC1. The second kappa shape index (κ2) is 7.57. The molecule has 0 saturated carbocycles. The number of carbonyl (C=O) groups excluding carboxylic acids is 1. The summed E-state index contributed by atoms with van der Waals surface area (Å²) in [5.74, 6) is -0.00386. The smallest absolute Gasteiger partial charge is 0.252 e. The van der Waals surface area contributed by atoms with Crippen molar-refractivity contribution < 1.29 is 13.2 Å². The van der Waals surface area contributed by atoms with E-state index in [1.54, 1.807) is 6.07 Å². The lowest BCUT2D eigenvalue weighted by Gasteiger charge is -2.30. The van der Waals surface area contributed by atoms with Crippen LogP contribution in [-0.4, -0.2) is 38.3 Å². The van der Waals surface area contributed by atoms with E-state index in [0.29, 0.717) is 36.7 Å². The highest BCUT2D eigenvalue weighted by molar-refractivity contribution is 7.91. The maximum Gasteiger partial charge on any atom is 0.252 e. The number of thiophene rings is 1. The van der Waals surface area contributed by atoms with Crippen LogP contribution in [0, 0.1) is 5.92 Å². The zero-order chi connectivity index (χ0) is 16.2. The first-order valence-corrected chi connectivity index (χ1v) is 10.1. The maximum absolute atomic E-state index is 12.6. The van der Waals surface area contributed by atoms with Crippen LogP contribution in [-0.2, 0) is 21.2 Å². The van der Waals surface area contributed by atoms with Gasteiger partial charge >= 0.3 is 0 Å². The van der Waals surface area contributed by atoms with E-state index in [-0.39, 0.29) is 11.8 Å². The van der Waals surface area contributed by atoms with Crippen molar-refractivity contribution in [3.05, 3.63) is 17.0 Å². The van der Waals surface area contributed by atoms with E-state index in [1.807, 2.05) is 19.9 Å². The number of carbonyl (C=O) groups is 1. The second-order valence-corrected chi connectivity index (χ2v) is 8.88. The number of hydrogen-bond donors (Lipinski definition) is 1. The fourth-order valence-corrected chi connectivity index (χ4v) is 5.48. The quantitative estimate of drug-likeness (QED) is 0.860. The summed E-state index contributed by atoms with van der Waals surface area (Å²) in [4.78, 5) is 13.0. The first-order chi connectivity index (χ1) is 10.5. The molecule has 1 aliphatic rings. The summed E-state index contributed by atoms with van der Waals surface area (Å²) in [5, 5.41) is 2.89. The van der Waals surface area contributed by atoms with E-state index in [1.165, 1.54) is 15.6 Å². The molecule has 1 fully saturated rings. The van der Waals surface area contributed by atoms with Gasteiger partial charge in [-0.25, -0.2) is 8.42 Å². The molecule has 7 heteroatoms. The third-order valence-electron chi connectivity index (χ3n) is 3.95. The Bertz CT molecular complexity index is 602. The normalized spacial score (nSPS) is 17.5. The molecule has 0 bridgehead atoms. The highest BCUT2D eigenvalue weighted by Crippen LogP contribution is 2.28. The second-order valence-electron chi connectivity index (χ2n) is 5.54. The fraction of sp³-hybridized carbons (Fsp3) is 0.667. The summed E-state index contributed by atoms with van der Waals surface area (Å²) < 4.78 is 27.1. The topological polar surface area (TPSA) is 66.5 Å². The van der Waals surface area contributed by atoms with E-state index < -0.39 is 10.0 Å². The Kier molecular flexibility index (Phi) is 6.00. The van der Waals surface area contributed by atoms with Gasteiger partial charge in [0, 0.05) is 30.4 Å². The molecule has 1 aromatic rings. The van der Waals surface area contributed by atoms with Crippen LogP contribution in [0.15, 0.2) is 16.3 Å². The van der Waals surface area contributed by atoms with Crippen molar-refractivity contribution >= 4 is 27.3 Å². The molecule has 2 rings (SSSR count). The maximum atomic E-state index is 12.6. The van der Waals surface area contributed by atoms with Gasteiger partial charge in [-0.2, -0.15) is 4.31 Å². The van der Waals surface area contributed by atoms with Gasteiger partial charge < -0.3 is 5.32 Å². The van der Waals surface area contributed by atoms with Gasteiger partial charge in [-0.1, -0.05) is 13.8 Å². The molecule has 124 valence electrons. The minimum atomic E-state index is -3.40. The van der Waals surface area contributed by atoms with Gasteiger partial charge in [-0.3, -0.25) is 4.79 Å². The summed E-state index contributed by atoms with van der Waals surface area (Å²) in [7, 11) is -3.40. The van der Waals surface area contributed by atoms with E-state index in [9.17, 15) is 13.2 Å². The van der Waals surface area contributed by atoms with Gasteiger partial charge in [0.25, 0.3) is 10.0 Å². The molecule has 1 amide bonds. The van der Waals surface area contributed by atoms with Gasteiger partial charge in [0.1, 0.15) is 4.21 Å². The highest BCUT2D eigenvalue weighted by atomic mass is 32.2. The number of nitrogens with one attached hydrogen (secondary N) is 1. The van der Waals surface area contributed by atoms with Crippen molar-refractivity contribution in [3.8, 4) is 0 Å². The molecular formula is C15H24N2O3S2. The summed E-state index contributed by atoms with van der Waals surface area (Å²) in [6, 6.07) is 3.57. The Labute approximate surface area is 136 Å². The zero-order valence-corrected chi connectivity index (χ0v) is 14.8. The average molecular weight is 345 g/mol. The summed E-state index contributed by atoms with van der Waals surface area (Å²) in [6.45, 7) is 5.56. The van der Waals surface area contributed by atoms with Gasteiger partial charge in [-0.05, 0) is 37.8 Å². The zero-order valence-electron chi connectivity index (χ0n) is 13.2. The third kappa shape index (κ3) is 3.88. The van der Waals surface area contributed by atoms with Gasteiger partial charge in [0.05, 0.1) is 0 Å². The minimum absolute atomic E-state index is 0.0586. The number of nitrogens with zero attached hydrogens (tertiary/aromatic N) is 1. The average Bonchev–Trinajstić information content (AvgIpc) is 3.02. The van der Waals surface area contributed by atoms with Crippen molar-refractivity contribution in [2.45, 2.75) is 43.7 Å². The lowest BCUT2D eigenvalue weighted by Crippen LogP contribution is -2.42. The Morgan fingerprint density at radius 2 is 2.00 bits per heavy atom. The molecule has 1 N–H and O–H groups in total. The molecule has 1 aromatic heterocycles. The van der Waals surface area contributed by atoms with Crippen molar-refractivity contribution in [2.24, 2.45) is 5.92 Å². The van der Waals surface area contributed by atoms with Gasteiger partial charge in [0.15, 0.2) is 0 Å². The lowest BCUT2D eigenvalue weighted by atomic mass is 9.97. The lowest BCUT2D eigenvalue weighted by molar-refractivity contribution is -0.126. The number of sulfonamides is 1. The first-order valence-electron chi connectivity index (χ1n) is 7.85. The Morgan fingerprint density at radius 3 is 2.55 bits per heavy atom. The summed E-state index contributed by atoms with van der Waals surface area (Å²) in [5.41, 5.74) is 0. The molecule has 0 atom stereocenters. The largest absolute Gasteiger partial charge is 0.356 e. The van der Waals surface area contributed by atoms with Crippen LogP contribution in [0.3, 0.4) is 0 Å². The molecule has 0 aliphatic carbocycles. The van der Waals surface area contributed by atoms with E-state index >= 15 is 0 Å². The third-order valence-corrected chi connectivity index (χ3v) is 7.55. The van der Waals surface area contributed by atoms with E-state index in [0.717, 1.165) is 17.7 Å². The first kappa shape index (κ1) is 17.4. The van der Waals surface area contributed by atoms with Crippen LogP contribution in [0.25, 0.3) is 0 Å². The van der Waals surface area contributed by atoms with Crippen LogP contribution in [0.5, 0.6) is 0 Å². The molecule has 2 heterocycles. The molecule has 1 aliphatic heterocycles. The van der Waals surface area contributed by atoms with Crippen molar-refractivity contribution in [1.82, 2.24) is 9.62 Å². The van der Waals surface area contributed by atoms with Crippen molar-refractivity contribution in [2.75, 3.05) is 19.6 Å². The van der Waals surface area contributed by atoms with Crippen LogP contribution in [0.4, 0.5) is 0 Å². The van der Waals surface area contributed by atoms with Crippen molar-refractivity contribution in [3.63, 3.8) is 0 Å². The number of aryl methyl sites for hydroxylation is 1. The molecular weight excluding hydrogens is 320 g/mol. The Balaban J connectivity index is 1.97. The standard InChI is InChI=1S/C15H24N2O3S2/c1-3-9-16-15(18)12-7-10-17(11-8-12)22(19,20)14-6-5-13(4-2)21-14/h5-6,12H,3-4,7-11H2,1-2H3,(H,16,18). The Hall–Kier alpha value is -0.920. The molecule has 0 radical (unpaired) electrons. The number of amides is 1. The highest BCUT2D eigenvalue weighted by Gasteiger charge is 2.32. The predicted octanol–water partition coefficient (Wildman–Crippen LogP) is 2.24. The molecule has 0 aromatic carbocycles. The van der Waals surface area contributed by atoms with E-state index in [2.05, 4.69) is 5.32 Å². The van der Waals surface area contributed by atoms with Crippen LogP contribution in [0.2, 0.25) is 0 Å². The monoisotopic (exact) mass is 344 g/mol. The molecule has 1 saturated heterocycles. The van der Waals surface area contributed by atoms with Crippen LogP contribution < -0.4 is 5.32 Å². The number of rotatable bonds is 6. The van der Waals surface area contributed by atoms with Crippen LogP contribution in [0.1, 0.15) is 38.0 Å². The number of hydrogen-bond acceptors (Lipinski definition) is 4. The fourth-order valence-electron chi connectivity index (χ4n) is 2.57. The van der Waals surface area contributed by atoms with Crippen LogP contribution >= 0.6 is 11.3 Å². The summed E-state index contributed by atoms with van der Waals surface area (Å²) in [6.07, 6.45) is 2.96. The summed E-state index contributed by atoms with van der Waals surface area (Å²) >= 11 is 1.34. The molecule has 0 spiro atoms. The van der Waals surface area contributed by atoms with Gasteiger partial charge in [0.2, 0.25) is 5.91 Å². The minimum Gasteiger partial charge on any atom is -0.356 e. The van der Waals surface area contributed by atoms with Gasteiger partial charge in [-0.15, -0.1) is 11.3 Å². The predicted molar refractivity (Wildman–Crippen MR) is 88.5 cm³/mol.